The van der Waals surface area contributed by atoms with Crippen LogP contribution in [0.5, 0.6) is 0 Å². The Kier molecular flexibility index (Phi) is 4.70. The molecule has 4 rings (SSSR count). The van der Waals surface area contributed by atoms with Gasteiger partial charge < -0.3 is 5.32 Å². The molecular formula is C19H23N7O. The van der Waals surface area contributed by atoms with Gasteiger partial charge in [0, 0.05) is 24.0 Å². The largest absolute Gasteiger partial charge is 0.367 e. The van der Waals surface area contributed by atoms with Crippen LogP contribution in [0.1, 0.15) is 43.1 Å². The maximum atomic E-state index is 12.4. The Labute approximate surface area is 157 Å². The van der Waals surface area contributed by atoms with E-state index < -0.39 is 0 Å². The highest BCUT2D eigenvalue weighted by molar-refractivity contribution is 5.33. The summed E-state index contributed by atoms with van der Waals surface area (Å²) in [5, 5.41) is 12.5. The molecule has 3 aromatic rings. The molecule has 3 heterocycles. The van der Waals surface area contributed by atoms with Gasteiger partial charge in [0.05, 0.1) is 11.7 Å². The fraction of sp³-hybridized carbons (Fsp3) is 0.421. The molecule has 0 aromatic carbocycles. The maximum Gasteiger partial charge on any atom is 0.267 e. The Balaban J connectivity index is 1.49. The maximum absolute atomic E-state index is 12.4. The Hall–Kier alpha value is -3.03. The second kappa shape index (κ2) is 7.30. The van der Waals surface area contributed by atoms with Crippen molar-refractivity contribution in [1.82, 2.24) is 29.5 Å². The molecule has 1 fully saturated rings. The third kappa shape index (κ3) is 3.74. The minimum absolute atomic E-state index is 0.0625. The molecule has 0 unspecified atom stereocenters. The quantitative estimate of drug-likeness (QED) is 0.764. The van der Waals surface area contributed by atoms with Gasteiger partial charge in [-0.25, -0.2) is 19.3 Å². The zero-order chi connectivity index (χ0) is 18.8. The van der Waals surface area contributed by atoms with Crippen molar-refractivity contribution in [3.63, 3.8) is 0 Å². The van der Waals surface area contributed by atoms with Crippen LogP contribution in [0.4, 0.5) is 5.82 Å². The van der Waals surface area contributed by atoms with E-state index in [-0.39, 0.29) is 11.6 Å². The molecule has 0 radical (unpaired) electrons. The predicted molar refractivity (Wildman–Crippen MR) is 102 cm³/mol. The summed E-state index contributed by atoms with van der Waals surface area (Å²) in [5.74, 6) is 1.52. The minimum Gasteiger partial charge on any atom is -0.367 e. The number of anilines is 1. The second-order valence-corrected chi connectivity index (χ2v) is 7.06. The van der Waals surface area contributed by atoms with Gasteiger partial charge in [-0.1, -0.05) is 0 Å². The average Bonchev–Trinajstić information content (AvgIpc) is 3.02. The summed E-state index contributed by atoms with van der Waals surface area (Å²) in [6.45, 7) is 3.94. The van der Waals surface area contributed by atoms with E-state index in [0.717, 1.165) is 42.9 Å². The van der Waals surface area contributed by atoms with Crippen LogP contribution >= 0.6 is 0 Å². The van der Waals surface area contributed by atoms with Crippen molar-refractivity contribution in [2.75, 3.05) is 5.32 Å². The van der Waals surface area contributed by atoms with Crippen LogP contribution in [0.3, 0.4) is 0 Å². The van der Waals surface area contributed by atoms with E-state index in [1.807, 2.05) is 26.0 Å². The van der Waals surface area contributed by atoms with E-state index in [1.165, 1.54) is 0 Å². The first-order chi connectivity index (χ1) is 13.1. The summed E-state index contributed by atoms with van der Waals surface area (Å²) in [5.41, 5.74) is 1.87. The van der Waals surface area contributed by atoms with Gasteiger partial charge in [-0.3, -0.25) is 4.79 Å². The lowest BCUT2D eigenvalue weighted by atomic mass is 9.91. The highest BCUT2D eigenvalue weighted by atomic mass is 16.1. The zero-order valence-corrected chi connectivity index (χ0v) is 15.5. The molecule has 1 N–H and O–H groups in total. The van der Waals surface area contributed by atoms with Crippen LogP contribution in [0, 0.1) is 13.8 Å². The summed E-state index contributed by atoms with van der Waals surface area (Å²) in [4.78, 5) is 20.6. The minimum atomic E-state index is -0.0625. The monoisotopic (exact) mass is 365 g/mol. The summed E-state index contributed by atoms with van der Waals surface area (Å²) >= 11 is 0. The van der Waals surface area contributed by atoms with Gasteiger partial charge in [0.15, 0.2) is 5.82 Å². The van der Waals surface area contributed by atoms with Gasteiger partial charge in [0.2, 0.25) is 0 Å². The number of aryl methyl sites for hydroxylation is 2. The van der Waals surface area contributed by atoms with Gasteiger partial charge in [0.25, 0.3) is 5.56 Å². The number of hydrogen-bond donors (Lipinski definition) is 1. The Morgan fingerprint density at radius 1 is 1.07 bits per heavy atom. The van der Waals surface area contributed by atoms with E-state index in [2.05, 4.69) is 25.5 Å². The second-order valence-electron chi connectivity index (χ2n) is 7.06. The molecule has 0 aliphatic heterocycles. The van der Waals surface area contributed by atoms with Crippen molar-refractivity contribution in [3.8, 4) is 5.82 Å². The molecule has 1 aliphatic rings. The molecule has 140 valence electrons. The van der Waals surface area contributed by atoms with Gasteiger partial charge in [-0.15, -0.1) is 5.10 Å². The fourth-order valence-corrected chi connectivity index (χ4v) is 3.70. The molecule has 0 saturated heterocycles. The molecule has 1 saturated carbocycles. The van der Waals surface area contributed by atoms with E-state index >= 15 is 0 Å². The van der Waals surface area contributed by atoms with Gasteiger partial charge >= 0.3 is 0 Å². The van der Waals surface area contributed by atoms with Crippen molar-refractivity contribution in [3.05, 3.63) is 58.5 Å². The van der Waals surface area contributed by atoms with Crippen molar-refractivity contribution < 1.29 is 0 Å². The normalized spacial score (nSPS) is 19.8. The molecule has 8 heteroatoms. The Morgan fingerprint density at radius 3 is 2.56 bits per heavy atom. The molecule has 0 bridgehead atoms. The number of hydrogen-bond acceptors (Lipinski definition) is 6. The lowest BCUT2D eigenvalue weighted by Crippen LogP contribution is -2.33. The van der Waals surface area contributed by atoms with E-state index in [1.54, 1.807) is 34.0 Å². The van der Waals surface area contributed by atoms with Crippen molar-refractivity contribution in [2.24, 2.45) is 0 Å². The number of nitrogens with one attached hydrogen (secondary N) is 1. The van der Waals surface area contributed by atoms with Crippen LogP contribution in [0.15, 0.2) is 41.6 Å². The van der Waals surface area contributed by atoms with Crippen LogP contribution in [0.25, 0.3) is 5.82 Å². The molecular weight excluding hydrogens is 342 g/mol. The van der Waals surface area contributed by atoms with Gasteiger partial charge in [-0.05, 0) is 57.7 Å². The topological polar surface area (TPSA) is 90.5 Å². The Bertz CT molecular complexity index is 971. The fourth-order valence-electron chi connectivity index (χ4n) is 3.70. The highest BCUT2D eigenvalue weighted by Gasteiger charge is 2.24. The smallest absolute Gasteiger partial charge is 0.267 e. The summed E-state index contributed by atoms with van der Waals surface area (Å²) in [7, 11) is 0. The molecule has 1 aliphatic carbocycles. The van der Waals surface area contributed by atoms with Crippen molar-refractivity contribution >= 4 is 5.82 Å². The molecule has 8 nitrogen and oxygen atoms in total. The molecule has 0 atom stereocenters. The molecule has 3 aromatic heterocycles. The van der Waals surface area contributed by atoms with Crippen molar-refractivity contribution in [2.45, 2.75) is 51.6 Å². The molecule has 0 amide bonds. The van der Waals surface area contributed by atoms with Crippen LogP contribution in [-0.2, 0) is 0 Å². The standard InChI is InChI=1S/C19H23N7O/c1-13-11-14(2)25(23-13)18-7-8-19(27)26(24-18)16-5-3-15(4-6-16)22-17-9-10-20-12-21-17/h7-12,15-16H,3-6H2,1-2H3,(H,20,21,22). The molecule has 0 spiro atoms. The van der Waals surface area contributed by atoms with Crippen LogP contribution < -0.4 is 10.9 Å². The van der Waals surface area contributed by atoms with E-state index in [0.29, 0.717) is 11.9 Å². The third-order valence-corrected chi connectivity index (χ3v) is 5.01. The predicted octanol–water partition coefficient (Wildman–Crippen LogP) is 2.43. The highest BCUT2D eigenvalue weighted by Crippen LogP contribution is 2.28. The number of aromatic nitrogens is 6. The van der Waals surface area contributed by atoms with Crippen LogP contribution in [0.2, 0.25) is 0 Å². The average molecular weight is 365 g/mol. The Morgan fingerprint density at radius 2 is 1.89 bits per heavy atom. The lowest BCUT2D eigenvalue weighted by molar-refractivity contribution is 0.302. The summed E-state index contributed by atoms with van der Waals surface area (Å²) < 4.78 is 3.42. The SMILES string of the molecule is Cc1cc(C)n(-c2ccc(=O)n(C3CCC(Nc4ccncn4)CC3)n2)n1. The number of rotatable bonds is 4. The zero-order valence-electron chi connectivity index (χ0n) is 15.5. The van der Waals surface area contributed by atoms with Crippen LogP contribution in [-0.4, -0.2) is 35.6 Å². The number of nitrogens with zero attached hydrogens (tertiary/aromatic N) is 6. The lowest BCUT2D eigenvalue weighted by Gasteiger charge is -2.29. The molecule has 27 heavy (non-hydrogen) atoms. The van der Waals surface area contributed by atoms with E-state index in [4.69, 9.17) is 0 Å². The first kappa shape index (κ1) is 17.4. The first-order valence-electron chi connectivity index (χ1n) is 9.26. The summed E-state index contributed by atoms with van der Waals surface area (Å²) in [6.07, 6.45) is 7.00. The van der Waals surface area contributed by atoms with E-state index in [9.17, 15) is 4.79 Å². The van der Waals surface area contributed by atoms with Crippen molar-refractivity contribution in [1.29, 1.82) is 0 Å². The summed E-state index contributed by atoms with van der Waals surface area (Å²) in [6, 6.07) is 7.66. The third-order valence-electron chi connectivity index (χ3n) is 5.01. The van der Waals surface area contributed by atoms with Gasteiger partial charge in [-0.2, -0.15) is 5.10 Å². The van der Waals surface area contributed by atoms with Gasteiger partial charge in [0.1, 0.15) is 12.1 Å². The first-order valence-corrected chi connectivity index (χ1v) is 9.26.